The molecule has 33 heavy (non-hydrogen) atoms. The highest BCUT2D eigenvalue weighted by molar-refractivity contribution is 9.10. The van der Waals surface area contributed by atoms with Gasteiger partial charge in [0.15, 0.2) is 6.79 Å². The maximum atomic E-state index is 13.2. The third-order valence-electron chi connectivity index (χ3n) is 5.56. The maximum Gasteiger partial charge on any atom is 0.200 e. The van der Waals surface area contributed by atoms with E-state index in [1.54, 1.807) is 32.2 Å². The van der Waals surface area contributed by atoms with Crippen molar-refractivity contribution >= 4 is 26.9 Å². The van der Waals surface area contributed by atoms with Crippen LogP contribution in [0.15, 0.2) is 68.3 Å². The Morgan fingerprint density at radius 2 is 1.82 bits per heavy atom. The predicted molar refractivity (Wildman–Crippen MR) is 128 cm³/mol. The molecule has 3 aromatic carbocycles. The second kappa shape index (κ2) is 8.92. The molecule has 2 heterocycles. The number of rotatable bonds is 5. The van der Waals surface area contributed by atoms with E-state index in [-0.39, 0.29) is 12.2 Å². The Kier molecular flexibility index (Phi) is 5.83. The number of ether oxygens (including phenoxy) is 4. The van der Waals surface area contributed by atoms with Gasteiger partial charge in [-0.3, -0.25) is 4.79 Å². The van der Waals surface area contributed by atoms with Crippen LogP contribution in [-0.4, -0.2) is 13.9 Å². The Labute approximate surface area is 198 Å². The van der Waals surface area contributed by atoms with Gasteiger partial charge in [0.25, 0.3) is 0 Å². The predicted octanol–water partition coefficient (Wildman–Crippen LogP) is 5.99. The first-order valence-electron chi connectivity index (χ1n) is 10.4. The molecule has 0 amide bonds. The van der Waals surface area contributed by atoms with Gasteiger partial charge in [0, 0.05) is 21.7 Å². The highest BCUT2D eigenvalue weighted by Crippen LogP contribution is 2.33. The number of halogens is 1. The van der Waals surface area contributed by atoms with Gasteiger partial charge < -0.3 is 23.4 Å². The molecule has 7 heteroatoms. The third-order valence-corrected chi connectivity index (χ3v) is 6.02. The van der Waals surface area contributed by atoms with Crippen LogP contribution in [0.25, 0.3) is 22.1 Å². The lowest BCUT2D eigenvalue weighted by Crippen LogP contribution is -2.14. The maximum absolute atomic E-state index is 13.2. The molecular weight excluding hydrogens is 488 g/mol. The van der Waals surface area contributed by atoms with Crippen molar-refractivity contribution in [1.82, 2.24) is 0 Å². The van der Waals surface area contributed by atoms with E-state index in [2.05, 4.69) is 15.9 Å². The molecule has 0 aliphatic carbocycles. The van der Waals surface area contributed by atoms with Gasteiger partial charge in [0.2, 0.25) is 5.43 Å². The van der Waals surface area contributed by atoms with E-state index in [1.165, 1.54) is 0 Å². The lowest BCUT2D eigenvalue weighted by molar-refractivity contribution is -0.0176. The van der Waals surface area contributed by atoms with E-state index in [0.29, 0.717) is 41.3 Å². The van der Waals surface area contributed by atoms with Crippen LogP contribution in [0.5, 0.6) is 17.2 Å². The molecule has 1 aromatic heterocycles. The fourth-order valence-corrected chi connectivity index (χ4v) is 4.54. The molecule has 0 radical (unpaired) electrons. The fraction of sp³-hybridized carbons (Fsp3) is 0.192. The zero-order valence-electron chi connectivity index (χ0n) is 18.1. The van der Waals surface area contributed by atoms with Crippen LogP contribution in [0.1, 0.15) is 16.9 Å². The van der Waals surface area contributed by atoms with Crippen LogP contribution in [0.2, 0.25) is 0 Å². The topological polar surface area (TPSA) is 67.1 Å². The fourth-order valence-electron chi connectivity index (χ4n) is 3.99. The summed E-state index contributed by atoms with van der Waals surface area (Å²) in [7, 11) is 1.61. The summed E-state index contributed by atoms with van der Waals surface area (Å²) in [5.41, 5.74) is 3.61. The molecule has 0 N–H and O–H groups in total. The molecule has 1 aliphatic rings. The lowest BCUT2D eigenvalue weighted by Gasteiger charge is -2.21. The summed E-state index contributed by atoms with van der Waals surface area (Å²) >= 11 is 3.53. The van der Waals surface area contributed by atoms with E-state index in [0.717, 1.165) is 32.7 Å². The summed E-state index contributed by atoms with van der Waals surface area (Å²) in [5, 5.41) is 0.499. The summed E-state index contributed by atoms with van der Waals surface area (Å²) in [6, 6.07) is 16.6. The van der Waals surface area contributed by atoms with Gasteiger partial charge in [0.1, 0.15) is 35.2 Å². The summed E-state index contributed by atoms with van der Waals surface area (Å²) in [6.45, 7) is 2.82. The Morgan fingerprint density at radius 1 is 1.03 bits per heavy atom. The highest BCUT2D eigenvalue weighted by atomic mass is 79.9. The second-order valence-electron chi connectivity index (χ2n) is 7.70. The van der Waals surface area contributed by atoms with Crippen LogP contribution in [-0.2, 0) is 18.0 Å². The molecule has 5 rings (SSSR count). The van der Waals surface area contributed by atoms with Crippen molar-refractivity contribution in [3.63, 3.8) is 0 Å². The quantitative estimate of drug-likeness (QED) is 0.330. The first-order chi connectivity index (χ1) is 16.0. The van der Waals surface area contributed by atoms with Crippen molar-refractivity contribution < 1.29 is 23.4 Å². The van der Waals surface area contributed by atoms with Crippen LogP contribution < -0.4 is 19.6 Å². The van der Waals surface area contributed by atoms with E-state index in [1.807, 2.05) is 36.4 Å². The molecule has 0 atom stereocenters. The van der Waals surface area contributed by atoms with Crippen molar-refractivity contribution in [2.45, 2.75) is 20.1 Å². The van der Waals surface area contributed by atoms with Gasteiger partial charge in [-0.2, -0.15) is 0 Å². The van der Waals surface area contributed by atoms with Gasteiger partial charge in [-0.1, -0.05) is 28.1 Å². The van der Waals surface area contributed by atoms with E-state index in [9.17, 15) is 4.79 Å². The first-order valence-corrected chi connectivity index (χ1v) is 11.2. The zero-order valence-corrected chi connectivity index (χ0v) is 19.7. The number of aryl methyl sites for hydroxylation is 1. The number of fused-ring (bicyclic) bond motifs is 2. The zero-order chi connectivity index (χ0) is 22.9. The van der Waals surface area contributed by atoms with Crippen molar-refractivity contribution in [3.05, 3.63) is 86.2 Å². The monoisotopic (exact) mass is 508 g/mol. The SMILES string of the molecule is COc1ccc(-c2c(C)oc3cc(OCc4cc(Br)cc5c4OCOC5)ccc3c2=O)cc1. The molecule has 0 saturated heterocycles. The molecule has 1 aliphatic heterocycles. The summed E-state index contributed by atoms with van der Waals surface area (Å²) in [6.07, 6.45) is 0. The molecule has 0 fully saturated rings. The average molecular weight is 509 g/mol. The Morgan fingerprint density at radius 3 is 2.61 bits per heavy atom. The van der Waals surface area contributed by atoms with Crippen LogP contribution in [0, 0.1) is 6.92 Å². The lowest BCUT2D eigenvalue weighted by atomic mass is 10.0. The first kappa shape index (κ1) is 21.6. The molecular formula is C26H21BrO6. The third kappa shape index (κ3) is 4.21. The van der Waals surface area contributed by atoms with Crippen LogP contribution >= 0.6 is 15.9 Å². The normalized spacial score (nSPS) is 12.8. The van der Waals surface area contributed by atoms with E-state index < -0.39 is 0 Å². The Bertz CT molecular complexity index is 1390. The van der Waals surface area contributed by atoms with Gasteiger partial charge in [-0.25, -0.2) is 0 Å². The Hall–Kier alpha value is -3.29. The number of benzene rings is 3. The van der Waals surface area contributed by atoms with Crippen molar-refractivity contribution in [3.8, 4) is 28.4 Å². The average Bonchev–Trinajstić information content (AvgIpc) is 2.82. The standard InChI is InChI=1S/C26H21BrO6/c1-15-24(16-3-5-20(29-2)6-4-16)25(28)22-8-7-21(11-23(22)33-15)31-13-18-10-19(27)9-17-12-30-14-32-26(17)18/h3-11H,12-14H2,1-2H3. The van der Waals surface area contributed by atoms with E-state index >= 15 is 0 Å². The molecule has 0 spiro atoms. The number of methoxy groups -OCH3 is 1. The number of hydrogen-bond acceptors (Lipinski definition) is 6. The van der Waals surface area contributed by atoms with Crippen LogP contribution in [0.3, 0.4) is 0 Å². The molecule has 0 unspecified atom stereocenters. The largest absolute Gasteiger partial charge is 0.497 e. The minimum atomic E-state index is -0.0834. The van der Waals surface area contributed by atoms with E-state index in [4.69, 9.17) is 23.4 Å². The molecule has 168 valence electrons. The van der Waals surface area contributed by atoms with Gasteiger partial charge in [-0.05, 0) is 48.9 Å². The molecule has 4 aromatic rings. The molecule has 0 saturated carbocycles. The summed E-state index contributed by atoms with van der Waals surface area (Å²) in [5.74, 6) is 2.66. The summed E-state index contributed by atoms with van der Waals surface area (Å²) < 4.78 is 29.2. The van der Waals surface area contributed by atoms with Gasteiger partial charge in [0.05, 0.1) is 24.7 Å². The van der Waals surface area contributed by atoms with Crippen molar-refractivity contribution in [2.75, 3.05) is 13.9 Å². The van der Waals surface area contributed by atoms with Crippen LogP contribution in [0.4, 0.5) is 0 Å². The Balaban J connectivity index is 1.45. The van der Waals surface area contributed by atoms with Crippen molar-refractivity contribution in [2.24, 2.45) is 0 Å². The summed E-state index contributed by atoms with van der Waals surface area (Å²) in [4.78, 5) is 13.2. The second-order valence-corrected chi connectivity index (χ2v) is 8.62. The van der Waals surface area contributed by atoms with Crippen molar-refractivity contribution in [1.29, 1.82) is 0 Å². The smallest absolute Gasteiger partial charge is 0.200 e. The molecule has 0 bridgehead atoms. The van der Waals surface area contributed by atoms with Gasteiger partial charge in [-0.15, -0.1) is 0 Å². The minimum absolute atomic E-state index is 0.0834. The van der Waals surface area contributed by atoms with Gasteiger partial charge >= 0.3 is 0 Å². The minimum Gasteiger partial charge on any atom is -0.497 e. The highest BCUT2D eigenvalue weighted by Gasteiger charge is 2.18. The molecule has 6 nitrogen and oxygen atoms in total. The number of hydrogen-bond donors (Lipinski definition) is 0.